The number of hydrogen-bond donors (Lipinski definition) is 0. The summed E-state index contributed by atoms with van der Waals surface area (Å²) in [5.41, 5.74) is 0.832. The molecule has 1 aliphatic heterocycles. The summed E-state index contributed by atoms with van der Waals surface area (Å²) < 4.78 is 23.8. The van der Waals surface area contributed by atoms with E-state index in [0.29, 0.717) is 17.1 Å². The Hall–Kier alpha value is -3.94. The van der Waals surface area contributed by atoms with Gasteiger partial charge < -0.3 is 14.4 Å². The molecule has 32 heavy (non-hydrogen) atoms. The van der Waals surface area contributed by atoms with Crippen LogP contribution in [0.5, 0.6) is 11.5 Å². The van der Waals surface area contributed by atoms with Crippen LogP contribution in [0, 0.1) is 5.82 Å². The molecule has 0 radical (unpaired) electrons. The van der Waals surface area contributed by atoms with Crippen LogP contribution in [0.4, 0.5) is 4.39 Å². The number of nitrogens with zero attached hydrogens (tertiary/aromatic N) is 2. The van der Waals surface area contributed by atoms with Gasteiger partial charge in [-0.15, -0.1) is 0 Å². The number of amides is 2. The fourth-order valence-corrected chi connectivity index (χ4v) is 3.27. The lowest BCUT2D eigenvalue weighted by Gasteiger charge is -2.18. The molecule has 0 bridgehead atoms. The minimum atomic E-state index is -0.601. The van der Waals surface area contributed by atoms with E-state index in [-0.39, 0.29) is 23.3 Å². The monoisotopic (exact) mass is 438 g/mol. The number of imide groups is 1. The second-order valence-electron chi connectivity index (χ2n) is 7.31. The molecule has 1 aliphatic rings. The molecule has 0 unspecified atom stereocenters. The van der Waals surface area contributed by atoms with Gasteiger partial charge >= 0.3 is 0 Å². The van der Waals surface area contributed by atoms with E-state index in [1.54, 1.807) is 37.2 Å². The molecule has 8 heteroatoms. The van der Waals surface area contributed by atoms with Crippen molar-refractivity contribution >= 4 is 17.6 Å². The Bertz CT molecular complexity index is 1120. The Kier molecular flexibility index (Phi) is 6.73. The van der Waals surface area contributed by atoms with Crippen molar-refractivity contribution < 1.29 is 28.2 Å². The molecule has 166 valence electrons. The largest absolute Gasteiger partial charge is 0.497 e. The van der Waals surface area contributed by atoms with Gasteiger partial charge in [-0.05, 0) is 36.4 Å². The molecule has 2 aromatic rings. The van der Waals surface area contributed by atoms with E-state index in [9.17, 15) is 18.8 Å². The van der Waals surface area contributed by atoms with Crippen molar-refractivity contribution in [3.63, 3.8) is 0 Å². The number of rotatable bonds is 8. The van der Waals surface area contributed by atoms with Crippen molar-refractivity contribution in [2.24, 2.45) is 0 Å². The van der Waals surface area contributed by atoms with Crippen LogP contribution in [-0.4, -0.2) is 55.7 Å². The van der Waals surface area contributed by atoms with E-state index < -0.39 is 23.4 Å². The zero-order chi connectivity index (χ0) is 23.4. The van der Waals surface area contributed by atoms with Crippen molar-refractivity contribution in [1.82, 2.24) is 9.80 Å². The first-order valence-corrected chi connectivity index (χ1v) is 9.72. The highest BCUT2D eigenvalue weighted by Crippen LogP contribution is 2.30. The lowest BCUT2D eigenvalue weighted by molar-refractivity contribution is -0.137. The fourth-order valence-electron chi connectivity index (χ4n) is 3.27. The van der Waals surface area contributed by atoms with Gasteiger partial charge in [-0.25, -0.2) is 4.39 Å². The molecule has 0 aromatic heterocycles. The number of benzene rings is 2. The second kappa shape index (κ2) is 9.47. The van der Waals surface area contributed by atoms with E-state index in [1.165, 1.54) is 44.7 Å². The minimum Gasteiger partial charge on any atom is -0.497 e. The maximum atomic E-state index is 13.3. The number of ketones is 1. The van der Waals surface area contributed by atoms with Gasteiger partial charge in [0.15, 0.2) is 5.78 Å². The van der Waals surface area contributed by atoms with Crippen LogP contribution in [0.15, 0.2) is 65.9 Å². The molecular weight excluding hydrogens is 415 g/mol. The van der Waals surface area contributed by atoms with Crippen molar-refractivity contribution in [3.05, 3.63) is 82.8 Å². The zero-order valence-corrected chi connectivity index (χ0v) is 18.2. The number of carbonyl (C=O) groups excluding carboxylic acids is 3. The molecule has 1 heterocycles. The second-order valence-corrected chi connectivity index (χ2v) is 7.31. The van der Waals surface area contributed by atoms with Gasteiger partial charge in [-0.1, -0.05) is 0 Å². The number of Topliss-reactive ketones (excluding diaryl/α,β-unsaturated/α-hetero) is 1. The van der Waals surface area contributed by atoms with Gasteiger partial charge in [-0.2, -0.15) is 0 Å². The molecule has 0 N–H and O–H groups in total. The topological polar surface area (TPSA) is 76.2 Å². The summed E-state index contributed by atoms with van der Waals surface area (Å²) in [5.74, 6) is -1.08. The summed E-state index contributed by atoms with van der Waals surface area (Å²) in [6.45, 7) is -0.0369. The fraction of sp³-hybridized carbons (Fsp3) is 0.208. The molecule has 2 aromatic carbocycles. The Morgan fingerprint density at radius 2 is 1.75 bits per heavy atom. The van der Waals surface area contributed by atoms with E-state index in [4.69, 9.17) is 9.47 Å². The average Bonchev–Trinajstić information content (AvgIpc) is 3.05. The number of ether oxygens (including phenoxy) is 2. The molecule has 0 saturated heterocycles. The third-order valence-electron chi connectivity index (χ3n) is 4.86. The molecule has 0 fully saturated rings. The van der Waals surface area contributed by atoms with Gasteiger partial charge in [0.1, 0.15) is 17.3 Å². The van der Waals surface area contributed by atoms with Gasteiger partial charge in [-0.3, -0.25) is 19.3 Å². The van der Waals surface area contributed by atoms with E-state index in [2.05, 4.69) is 0 Å². The van der Waals surface area contributed by atoms with E-state index in [0.717, 1.165) is 11.0 Å². The lowest BCUT2D eigenvalue weighted by Crippen LogP contribution is -2.31. The molecule has 0 saturated carbocycles. The summed E-state index contributed by atoms with van der Waals surface area (Å²) >= 11 is 0. The standard InChI is InChI=1S/C24H23FN2O5/c1-26(2)14-20(23(29)15-5-8-17(25)9-6-15)19-12-22(28)27(24(19)30)13-16-7-10-18(31-3)11-21(16)32-4/h5-12,14H,13H2,1-4H3. The first-order chi connectivity index (χ1) is 15.2. The van der Waals surface area contributed by atoms with Gasteiger partial charge in [0, 0.05) is 43.6 Å². The predicted molar refractivity (Wildman–Crippen MR) is 116 cm³/mol. The summed E-state index contributed by atoms with van der Waals surface area (Å²) in [5, 5.41) is 0. The molecular formula is C24H23FN2O5. The lowest BCUT2D eigenvalue weighted by atomic mass is 9.97. The van der Waals surface area contributed by atoms with Crippen molar-refractivity contribution in [3.8, 4) is 11.5 Å². The summed E-state index contributed by atoms with van der Waals surface area (Å²) in [4.78, 5) is 41.6. The predicted octanol–water partition coefficient (Wildman–Crippen LogP) is 2.97. The molecule has 0 aliphatic carbocycles. The van der Waals surface area contributed by atoms with Crippen LogP contribution in [-0.2, 0) is 16.1 Å². The number of halogens is 1. The van der Waals surface area contributed by atoms with Gasteiger partial charge in [0.05, 0.1) is 31.9 Å². The average molecular weight is 438 g/mol. The van der Waals surface area contributed by atoms with Gasteiger partial charge in [0.2, 0.25) is 0 Å². The van der Waals surface area contributed by atoms with Crippen LogP contribution in [0.25, 0.3) is 0 Å². The molecule has 0 atom stereocenters. The first kappa shape index (κ1) is 22.7. The third kappa shape index (κ3) is 4.69. The van der Waals surface area contributed by atoms with Crippen molar-refractivity contribution in [2.45, 2.75) is 6.54 Å². The highest BCUT2D eigenvalue weighted by molar-refractivity contribution is 6.25. The minimum absolute atomic E-state index is 0.0227. The third-order valence-corrected chi connectivity index (χ3v) is 4.86. The number of hydrogen-bond acceptors (Lipinski definition) is 6. The quantitative estimate of drug-likeness (QED) is 0.358. The summed E-state index contributed by atoms with van der Waals surface area (Å²) in [7, 11) is 6.39. The zero-order valence-electron chi connectivity index (χ0n) is 18.2. The summed E-state index contributed by atoms with van der Waals surface area (Å²) in [6, 6.07) is 10.1. The Morgan fingerprint density at radius 1 is 1.06 bits per heavy atom. The van der Waals surface area contributed by atoms with Gasteiger partial charge in [0.25, 0.3) is 11.8 Å². The Morgan fingerprint density at radius 3 is 2.34 bits per heavy atom. The molecule has 2 amide bonds. The van der Waals surface area contributed by atoms with Crippen LogP contribution >= 0.6 is 0 Å². The van der Waals surface area contributed by atoms with Crippen LogP contribution in [0.3, 0.4) is 0 Å². The molecule has 3 rings (SSSR count). The maximum Gasteiger partial charge on any atom is 0.262 e. The normalized spacial score (nSPS) is 13.8. The SMILES string of the molecule is COc1ccc(CN2C(=O)C=C(C(=CN(C)C)C(=O)c3ccc(F)cc3)C2=O)c(OC)c1. The Balaban J connectivity index is 1.92. The molecule has 0 spiro atoms. The smallest absolute Gasteiger partial charge is 0.262 e. The van der Waals surface area contributed by atoms with E-state index >= 15 is 0 Å². The number of carbonyl (C=O) groups is 3. The van der Waals surface area contributed by atoms with Crippen molar-refractivity contribution in [1.29, 1.82) is 0 Å². The maximum absolute atomic E-state index is 13.3. The highest BCUT2D eigenvalue weighted by Gasteiger charge is 2.36. The van der Waals surface area contributed by atoms with Crippen molar-refractivity contribution in [2.75, 3.05) is 28.3 Å². The van der Waals surface area contributed by atoms with Crippen LogP contribution in [0.1, 0.15) is 15.9 Å². The summed E-state index contributed by atoms with van der Waals surface area (Å²) in [6.07, 6.45) is 2.62. The Labute approximate surface area is 185 Å². The number of methoxy groups -OCH3 is 2. The van der Waals surface area contributed by atoms with Crippen LogP contribution < -0.4 is 9.47 Å². The highest BCUT2D eigenvalue weighted by atomic mass is 19.1. The molecule has 7 nitrogen and oxygen atoms in total. The van der Waals surface area contributed by atoms with Crippen LogP contribution in [0.2, 0.25) is 0 Å². The van der Waals surface area contributed by atoms with E-state index in [1.807, 2.05) is 0 Å². The first-order valence-electron chi connectivity index (χ1n) is 9.72.